The van der Waals surface area contributed by atoms with Crippen LogP contribution in [0.4, 0.5) is 5.95 Å². The number of nitrogens with one attached hydrogen (secondary N) is 1. The summed E-state index contributed by atoms with van der Waals surface area (Å²) in [5, 5.41) is 16.9. The minimum Gasteiger partial charge on any atom is -0.350 e. The molecule has 3 rings (SSSR count). The summed E-state index contributed by atoms with van der Waals surface area (Å²) >= 11 is 6.00. The van der Waals surface area contributed by atoms with Crippen LogP contribution in [0, 0.1) is 18.3 Å². The highest BCUT2D eigenvalue weighted by Gasteiger charge is 2.09. The molecule has 1 N–H and O–H groups in total. The van der Waals surface area contributed by atoms with Crippen LogP contribution in [0.5, 0.6) is 0 Å². The molecule has 0 aliphatic carbocycles. The fourth-order valence-corrected chi connectivity index (χ4v) is 2.63. The minimum absolute atomic E-state index is 0.427. The number of rotatable bonds is 6. The maximum Gasteiger partial charge on any atom is 0.223 e. The van der Waals surface area contributed by atoms with Gasteiger partial charge in [-0.2, -0.15) is 10.4 Å². The van der Waals surface area contributed by atoms with Crippen molar-refractivity contribution >= 4 is 17.5 Å². The molecule has 0 spiro atoms. The van der Waals surface area contributed by atoms with Gasteiger partial charge in [0.2, 0.25) is 5.95 Å². The van der Waals surface area contributed by atoms with Gasteiger partial charge in [0, 0.05) is 29.5 Å². The zero-order valence-electron chi connectivity index (χ0n) is 13.8. The van der Waals surface area contributed by atoms with Crippen molar-refractivity contribution in [1.82, 2.24) is 19.7 Å². The van der Waals surface area contributed by atoms with Gasteiger partial charge in [-0.05, 0) is 30.2 Å². The largest absolute Gasteiger partial charge is 0.350 e. The van der Waals surface area contributed by atoms with E-state index >= 15 is 0 Å². The molecule has 0 fully saturated rings. The fourth-order valence-electron chi connectivity index (χ4n) is 2.42. The molecule has 25 heavy (non-hydrogen) atoms. The Balaban J connectivity index is 1.76. The van der Waals surface area contributed by atoms with Crippen molar-refractivity contribution in [2.24, 2.45) is 0 Å². The summed E-state index contributed by atoms with van der Waals surface area (Å²) in [6.07, 6.45) is 5.87. The summed E-state index contributed by atoms with van der Waals surface area (Å²) < 4.78 is 1.75. The monoisotopic (exact) mass is 352 g/mol. The summed E-state index contributed by atoms with van der Waals surface area (Å²) in [5.74, 6) is 0.547. The van der Waals surface area contributed by atoms with Crippen LogP contribution in [-0.4, -0.2) is 19.7 Å². The Labute approximate surface area is 151 Å². The second-order valence-electron chi connectivity index (χ2n) is 5.61. The lowest BCUT2D eigenvalue weighted by molar-refractivity contribution is 0.628. The highest BCUT2D eigenvalue weighted by atomic mass is 35.5. The average molecular weight is 353 g/mol. The number of halogens is 1. The van der Waals surface area contributed by atoms with Gasteiger partial charge in [0.1, 0.15) is 0 Å². The molecule has 7 heteroatoms. The summed E-state index contributed by atoms with van der Waals surface area (Å²) in [7, 11) is 0. The van der Waals surface area contributed by atoms with E-state index in [9.17, 15) is 0 Å². The fraction of sp³-hybridized carbons (Fsp3) is 0.222. The van der Waals surface area contributed by atoms with Crippen LogP contribution in [0.15, 0.2) is 42.9 Å². The SMILES string of the molecule is Cc1cnc(NCc2cccc(Cl)c2)nc1-c1cnn(CCC#N)c1. The molecule has 0 bridgehead atoms. The molecule has 0 saturated heterocycles. The molecule has 126 valence electrons. The van der Waals surface area contributed by atoms with Gasteiger partial charge in [-0.1, -0.05) is 23.7 Å². The first-order valence-electron chi connectivity index (χ1n) is 7.87. The van der Waals surface area contributed by atoms with Gasteiger partial charge in [0.05, 0.1) is 30.9 Å². The Morgan fingerprint density at radius 3 is 3.00 bits per heavy atom. The molecular weight excluding hydrogens is 336 g/mol. The molecule has 6 nitrogen and oxygen atoms in total. The van der Waals surface area contributed by atoms with Gasteiger partial charge >= 0.3 is 0 Å². The summed E-state index contributed by atoms with van der Waals surface area (Å²) in [4.78, 5) is 8.93. The van der Waals surface area contributed by atoms with Crippen molar-refractivity contribution < 1.29 is 0 Å². The van der Waals surface area contributed by atoms with E-state index in [0.717, 1.165) is 22.4 Å². The molecule has 2 heterocycles. The molecule has 2 aromatic heterocycles. The third-order valence-corrected chi connectivity index (χ3v) is 3.91. The van der Waals surface area contributed by atoms with E-state index < -0.39 is 0 Å². The van der Waals surface area contributed by atoms with Crippen LogP contribution >= 0.6 is 11.6 Å². The summed E-state index contributed by atoms with van der Waals surface area (Å²) in [6.45, 7) is 3.12. The zero-order valence-corrected chi connectivity index (χ0v) is 14.5. The molecule has 0 amide bonds. The van der Waals surface area contributed by atoms with Crippen LogP contribution in [0.25, 0.3) is 11.3 Å². The molecule has 0 unspecified atom stereocenters. The number of benzene rings is 1. The van der Waals surface area contributed by atoms with Crippen molar-refractivity contribution in [2.45, 2.75) is 26.4 Å². The minimum atomic E-state index is 0.427. The van der Waals surface area contributed by atoms with E-state index in [1.807, 2.05) is 37.4 Å². The number of aromatic nitrogens is 4. The van der Waals surface area contributed by atoms with Crippen LogP contribution < -0.4 is 5.32 Å². The molecule has 0 saturated carbocycles. The van der Waals surface area contributed by atoms with E-state index in [4.69, 9.17) is 16.9 Å². The van der Waals surface area contributed by atoms with E-state index in [1.165, 1.54) is 0 Å². The first-order chi connectivity index (χ1) is 12.2. The van der Waals surface area contributed by atoms with Crippen molar-refractivity contribution in [3.05, 3.63) is 59.0 Å². The van der Waals surface area contributed by atoms with E-state index in [1.54, 1.807) is 17.1 Å². The first-order valence-corrected chi connectivity index (χ1v) is 8.25. The predicted octanol–water partition coefficient (Wildman–Crippen LogP) is 3.83. The predicted molar refractivity (Wildman–Crippen MR) is 97.0 cm³/mol. The van der Waals surface area contributed by atoms with Crippen LogP contribution in [0.3, 0.4) is 0 Å². The number of anilines is 1. The van der Waals surface area contributed by atoms with Crippen LogP contribution in [0.2, 0.25) is 5.02 Å². The Morgan fingerprint density at radius 2 is 2.20 bits per heavy atom. The highest BCUT2D eigenvalue weighted by molar-refractivity contribution is 6.30. The zero-order chi connectivity index (χ0) is 17.6. The Kier molecular flexibility index (Phi) is 5.26. The third kappa shape index (κ3) is 4.34. The van der Waals surface area contributed by atoms with Crippen molar-refractivity contribution in [3.63, 3.8) is 0 Å². The van der Waals surface area contributed by atoms with Crippen molar-refractivity contribution in [1.29, 1.82) is 5.26 Å². The Hall–Kier alpha value is -2.91. The average Bonchev–Trinajstić information content (AvgIpc) is 3.08. The lowest BCUT2D eigenvalue weighted by Gasteiger charge is -2.08. The van der Waals surface area contributed by atoms with Crippen LogP contribution in [0.1, 0.15) is 17.5 Å². The molecule has 1 aromatic carbocycles. The van der Waals surface area contributed by atoms with Gasteiger partial charge in [-0.15, -0.1) is 0 Å². The number of hydrogen-bond donors (Lipinski definition) is 1. The highest BCUT2D eigenvalue weighted by Crippen LogP contribution is 2.21. The van der Waals surface area contributed by atoms with Gasteiger partial charge in [0.15, 0.2) is 0 Å². The third-order valence-electron chi connectivity index (χ3n) is 3.67. The van der Waals surface area contributed by atoms with E-state index in [2.05, 4.69) is 26.5 Å². The second-order valence-corrected chi connectivity index (χ2v) is 6.05. The molecule has 0 radical (unpaired) electrons. The summed E-state index contributed by atoms with van der Waals surface area (Å²) in [6, 6.07) is 9.77. The number of nitrogens with zero attached hydrogens (tertiary/aromatic N) is 5. The second kappa shape index (κ2) is 7.77. The smallest absolute Gasteiger partial charge is 0.223 e. The number of hydrogen-bond acceptors (Lipinski definition) is 5. The van der Waals surface area contributed by atoms with Gasteiger partial charge in [0.25, 0.3) is 0 Å². The van der Waals surface area contributed by atoms with Crippen molar-refractivity contribution in [3.8, 4) is 17.3 Å². The summed E-state index contributed by atoms with van der Waals surface area (Å²) in [5.41, 5.74) is 3.76. The Morgan fingerprint density at radius 1 is 1.32 bits per heavy atom. The topological polar surface area (TPSA) is 79.4 Å². The molecule has 3 aromatic rings. The maximum absolute atomic E-state index is 8.67. The molecule has 0 aliphatic heterocycles. The standard InChI is InChI=1S/C18H17ClN6/c1-13-9-21-18(22-10-14-4-2-5-16(19)8-14)24-17(13)15-11-23-25(12-15)7-3-6-20/h2,4-5,8-9,11-12H,3,7,10H2,1H3,(H,21,22,24). The molecule has 0 aliphatic rings. The van der Waals surface area contributed by atoms with Gasteiger partial charge < -0.3 is 5.32 Å². The normalized spacial score (nSPS) is 10.4. The molecular formula is C18H17ClN6. The van der Waals surface area contributed by atoms with Gasteiger partial charge in [-0.25, -0.2) is 9.97 Å². The first kappa shape index (κ1) is 16.9. The Bertz CT molecular complexity index is 912. The number of nitriles is 1. The maximum atomic E-state index is 8.67. The van der Waals surface area contributed by atoms with E-state index in [0.29, 0.717) is 30.5 Å². The van der Waals surface area contributed by atoms with Gasteiger partial charge in [-0.3, -0.25) is 4.68 Å². The molecule has 0 atom stereocenters. The van der Waals surface area contributed by atoms with Crippen LogP contribution in [-0.2, 0) is 13.1 Å². The quantitative estimate of drug-likeness (QED) is 0.729. The van der Waals surface area contributed by atoms with Crippen molar-refractivity contribution in [2.75, 3.05) is 5.32 Å². The lowest BCUT2D eigenvalue weighted by Crippen LogP contribution is -2.05. The lowest BCUT2D eigenvalue weighted by atomic mass is 10.1. The number of aryl methyl sites for hydroxylation is 2. The van der Waals surface area contributed by atoms with E-state index in [-0.39, 0.29) is 0 Å².